The van der Waals surface area contributed by atoms with E-state index in [-0.39, 0.29) is 4.90 Å². The van der Waals surface area contributed by atoms with Gasteiger partial charge in [0.1, 0.15) is 0 Å². The summed E-state index contributed by atoms with van der Waals surface area (Å²) < 4.78 is 26.9. The van der Waals surface area contributed by atoms with Crippen molar-refractivity contribution >= 4 is 44.0 Å². The van der Waals surface area contributed by atoms with Crippen molar-refractivity contribution in [3.05, 3.63) is 186 Å². The van der Waals surface area contributed by atoms with Crippen LogP contribution in [-0.2, 0) is 15.3 Å². The highest BCUT2D eigenvalue weighted by Crippen LogP contribution is 2.64. The van der Waals surface area contributed by atoms with Crippen molar-refractivity contribution in [2.45, 2.75) is 15.2 Å². The van der Waals surface area contributed by atoms with Crippen LogP contribution in [0.3, 0.4) is 0 Å². The van der Waals surface area contributed by atoms with Crippen LogP contribution in [0.1, 0.15) is 22.3 Å². The monoisotopic (exact) mass is 637 g/mol. The zero-order valence-corrected chi connectivity index (χ0v) is 26.5. The van der Waals surface area contributed by atoms with Crippen LogP contribution in [0.4, 0.5) is 34.1 Å². The summed E-state index contributed by atoms with van der Waals surface area (Å²) in [5.74, 6) is 0. The van der Waals surface area contributed by atoms with E-state index in [9.17, 15) is 8.42 Å². The first-order valence-corrected chi connectivity index (χ1v) is 17.5. The zero-order chi connectivity index (χ0) is 32.0. The fourth-order valence-corrected chi connectivity index (χ4v) is 9.85. The zero-order valence-electron chi connectivity index (χ0n) is 25.7. The molecule has 0 unspecified atom stereocenters. The van der Waals surface area contributed by atoms with E-state index in [1.54, 1.807) is 18.3 Å². The van der Waals surface area contributed by atoms with Crippen molar-refractivity contribution in [3.63, 3.8) is 0 Å². The lowest BCUT2D eigenvalue weighted by atomic mass is 9.60. The molecular formula is C42H27N3O2S. The molecule has 1 spiro atoms. The summed E-state index contributed by atoms with van der Waals surface area (Å²) in [6, 6.07) is 52.9. The number of nitrogens with zero attached hydrogens (tertiary/aromatic N) is 3. The lowest BCUT2D eigenvalue weighted by Gasteiger charge is -2.51. The van der Waals surface area contributed by atoms with Crippen LogP contribution in [0.15, 0.2) is 174 Å². The molecule has 0 radical (unpaired) electrons. The van der Waals surface area contributed by atoms with Gasteiger partial charge >= 0.3 is 0 Å². The summed E-state index contributed by atoms with van der Waals surface area (Å²) >= 11 is 0. The van der Waals surface area contributed by atoms with Crippen molar-refractivity contribution in [2.75, 3.05) is 9.80 Å². The van der Waals surface area contributed by atoms with Crippen LogP contribution in [-0.4, -0.2) is 13.4 Å². The Morgan fingerprint density at radius 2 is 0.938 bits per heavy atom. The normalized spacial score (nSPS) is 15.5. The number of hydrogen-bond acceptors (Lipinski definition) is 5. The van der Waals surface area contributed by atoms with Gasteiger partial charge in [-0.3, -0.25) is 4.98 Å². The number of anilines is 6. The van der Waals surface area contributed by atoms with Gasteiger partial charge in [-0.15, -0.1) is 0 Å². The average Bonchev–Trinajstić information content (AvgIpc) is 3.37. The summed E-state index contributed by atoms with van der Waals surface area (Å²) in [7, 11) is -3.64. The fourth-order valence-electron chi connectivity index (χ4n) is 8.24. The molecule has 3 aliphatic rings. The quantitative estimate of drug-likeness (QED) is 0.189. The first-order valence-electron chi connectivity index (χ1n) is 16.0. The number of fused-ring (bicyclic) bond motifs is 11. The molecule has 0 fully saturated rings. The van der Waals surface area contributed by atoms with E-state index in [1.165, 1.54) is 17.3 Å². The second-order valence-electron chi connectivity index (χ2n) is 12.4. The minimum Gasteiger partial charge on any atom is -0.310 e. The highest BCUT2D eigenvalue weighted by molar-refractivity contribution is 7.92. The van der Waals surface area contributed by atoms with Gasteiger partial charge in [0.05, 0.1) is 38.0 Å². The van der Waals surface area contributed by atoms with Crippen LogP contribution >= 0.6 is 0 Å². The Morgan fingerprint density at radius 3 is 1.48 bits per heavy atom. The Kier molecular flexibility index (Phi) is 5.53. The number of rotatable bonds is 2. The van der Waals surface area contributed by atoms with Crippen LogP contribution in [0.2, 0.25) is 0 Å². The van der Waals surface area contributed by atoms with Gasteiger partial charge in [-0.25, -0.2) is 8.42 Å². The van der Waals surface area contributed by atoms with Crippen molar-refractivity contribution < 1.29 is 8.42 Å². The standard InChI is InChI=1S/C42H27N3O2S/c46-48(47)40-23-22-29(26-31(40)30-24-25-43-27-41(30)48)45-38-20-10-6-16-34(38)42(35-17-7-11-21-39(35)45)32-14-4-8-18-36(32)44(28-12-2-1-3-13-28)37-19-9-5-15-33(37)42/h1-27H. The minimum atomic E-state index is -3.64. The maximum absolute atomic E-state index is 13.5. The number of hydrogen-bond donors (Lipinski definition) is 0. The second kappa shape index (κ2) is 9.77. The van der Waals surface area contributed by atoms with Crippen molar-refractivity contribution in [3.8, 4) is 11.1 Å². The van der Waals surface area contributed by atoms with Gasteiger partial charge in [0, 0.05) is 34.9 Å². The molecule has 0 amide bonds. The molecule has 1 aromatic heterocycles. The molecule has 0 N–H and O–H groups in total. The number of pyridine rings is 1. The van der Waals surface area contributed by atoms with Crippen LogP contribution in [0.5, 0.6) is 0 Å². The second-order valence-corrected chi connectivity index (χ2v) is 14.3. The molecule has 0 saturated carbocycles. The van der Waals surface area contributed by atoms with Gasteiger partial charge in [0.15, 0.2) is 0 Å². The van der Waals surface area contributed by atoms with Gasteiger partial charge in [-0.05, 0) is 82.9 Å². The van der Waals surface area contributed by atoms with Gasteiger partial charge < -0.3 is 9.80 Å². The maximum Gasteiger partial charge on any atom is 0.209 e. The minimum absolute atomic E-state index is 0.258. The van der Waals surface area contributed by atoms with E-state index in [0.717, 1.165) is 45.3 Å². The lowest BCUT2D eigenvalue weighted by molar-refractivity contribution is 0.598. The molecular weight excluding hydrogens is 611 g/mol. The molecule has 0 aliphatic carbocycles. The Morgan fingerprint density at radius 1 is 0.458 bits per heavy atom. The Bertz CT molecular complexity index is 2470. The summed E-state index contributed by atoms with van der Waals surface area (Å²) in [6.07, 6.45) is 3.11. The predicted octanol–water partition coefficient (Wildman–Crippen LogP) is 9.84. The molecule has 5 nitrogen and oxygen atoms in total. The van der Waals surface area contributed by atoms with E-state index < -0.39 is 15.3 Å². The SMILES string of the molecule is O=S1(=O)c2ccc(N3c4ccccc4C4(c5ccccc5N(c5ccccc5)c5ccccc54)c4ccccc43)cc2-c2ccncc21. The third kappa shape index (κ3) is 3.39. The van der Waals surface area contributed by atoms with Gasteiger partial charge in [-0.1, -0.05) is 91.0 Å². The molecule has 10 rings (SSSR count). The van der Waals surface area contributed by atoms with Gasteiger partial charge in [0.2, 0.25) is 9.84 Å². The highest BCUT2D eigenvalue weighted by atomic mass is 32.2. The van der Waals surface area contributed by atoms with Gasteiger partial charge in [-0.2, -0.15) is 0 Å². The van der Waals surface area contributed by atoms with Crippen molar-refractivity contribution in [1.29, 1.82) is 0 Å². The summed E-state index contributed by atoms with van der Waals surface area (Å²) in [4.78, 5) is 9.37. The predicted molar refractivity (Wildman–Crippen MR) is 190 cm³/mol. The Hall–Kier alpha value is -5.98. The lowest BCUT2D eigenvalue weighted by Crippen LogP contribution is -2.41. The molecule has 48 heavy (non-hydrogen) atoms. The van der Waals surface area contributed by atoms with E-state index in [4.69, 9.17) is 0 Å². The van der Waals surface area contributed by atoms with Crippen molar-refractivity contribution in [1.82, 2.24) is 4.98 Å². The summed E-state index contributed by atoms with van der Waals surface area (Å²) in [6.45, 7) is 0. The van der Waals surface area contributed by atoms with Crippen LogP contribution in [0.25, 0.3) is 11.1 Å². The molecule has 0 saturated heterocycles. The first kappa shape index (κ1) is 27.2. The summed E-state index contributed by atoms with van der Waals surface area (Å²) in [5.41, 5.74) is 11.9. The number of sulfone groups is 1. The Labute approximate surface area is 278 Å². The van der Waals surface area contributed by atoms with E-state index >= 15 is 0 Å². The number of aromatic nitrogens is 1. The topological polar surface area (TPSA) is 53.5 Å². The molecule has 6 aromatic carbocycles. The first-order chi connectivity index (χ1) is 23.6. The average molecular weight is 638 g/mol. The molecule has 0 atom stereocenters. The summed E-state index contributed by atoms with van der Waals surface area (Å²) in [5, 5.41) is 0. The fraction of sp³-hybridized carbons (Fsp3) is 0.0238. The molecule has 7 aromatic rings. The highest BCUT2D eigenvalue weighted by Gasteiger charge is 2.51. The largest absolute Gasteiger partial charge is 0.310 e. The smallest absolute Gasteiger partial charge is 0.209 e. The number of para-hydroxylation sites is 5. The van der Waals surface area contributed by atoms with Crippen LogP contribution < -0.4 is 9.80 Å². The molecule has 3 aliphatic heterocycles. The maximum atomic E-state index is 13.5. The molecule has 4 heterocycles. The number of benzene rings is 6. The molecule has 228 valence electrons. The van der Waals surface area contributed by atoms with Gasteiger partial charge in [0.25, 0.3) is 0 Å². The van der Waals surface area contributed by atoms with E-state index in [2.05, 4.69) is 142 Å². The van der Waals surface area contributed by atoms with Crippen molar-refractivity contribution in [2.24, 2.45) is 0 Å². The molecule has 6 heteroatoms. The third-order valence-corrected chi connectivity index (χ3v) is 11.9. The van der Waals surface area contributed by atoms with E-state index in [1.807, 2.05) is 12.1 Å². The van der Waals surface area contributed by atoms with Crippen LogP contribution in [0, 0.1) is 0 Å². The molecule has 0 bridgehead atoms. The third-order valence-electron chi connectivity index (χ3n) is 10.1. The Balaban J connectivity index is 1.28. The van der Waals surface area contributed by atoms with E-state index in [0.29, 0.717) is 16.0 Å².